The predicted molar refractivity (Wildman–Crippen MR) is 71.6 cm³/mol. The van der Waals surface area contributed by atoms with Crippen LogP contribution in [-0.4, -0.2) is 11.0 Å². The highest BCUT2D eigenvalue weighted by Crippen LogP contribution is 2.24. The Balaban J connectivity index is 2.00. The maximum absolute atomic E-state index is 4.35. The Morgan fingerprint density at radius 2 is 1.93 bits per heavy atom. The minimum Gasteiger partial charge on any atom is -0.264 e. The highest BCUT2D eigenvalue weighted by molar-refractivity contribution is 8.03. The van der Waals surface area contributed by atoms with Crippen molar-refractivity contribution in [3.05, 3.63) is 11.6 Å². The molecule has 1 rings (SSSR count). The van der Waals surface area contributed by atoms with Crippen molar-refractivity contribution < 1.29 is 0 Å². The Labute approximate surface area is 98.4 Å². The van der Waals surface area contributed by atoms with E-state index in [2.05, 4.69) is 24.2 Å². The third kappa shape index (κ3) is 5.41. The molecule has 0 saturated carbocycles. The molecule has 1 aliphatic heterocycles. The molecule has 1 atom stereocenters. The van der Waals surface area contributed by atoms with Crippen molar-refractivity contribution in [3.8, 4) is 0 Å². The van der Waals surface area contributed by atoms with E-state index in [-0.39, 0.29) is 0 Å². The van der Waals surface area contributed by atoms with Gasteiger partial charge >= 0.3 is 0 Å². The lowest BCUT2D eigenvalue weighted by molar-refractivity contribution is 0.597. The number of thioether (sulfide) groups is 1. The molecule has 0 N–H and O–H groups in total. The molecule has 2 heteroatoms. The molecule has 0 aromatic carbocycles. The smallest absolute Gasteiger partial charge is 0.0469 e. The first-order chi connectivity index (χ1) is 7.34. The Kier molecular flexibility index (Phi) is 6.82. The number of nitrogens with zero attached hydrogens (tertiary/aromatic N) is 1. The summed E-state index contributed by atoms with van der Waals surface area (Å²) in [5.41, 5.74) is 1.30. The van der Waals surface area contributed by atoms with Crippen molar-refractivity contribution in [2.75, 3.05) is 0 Å². The van der Waals surface area contributed by atoms with E-state index in [1.165, 1.54) is 50.7 Å². The van der Waals surface area contributed by atoms with Crippen LogP contribution in [0.1, 0.15) is 58.8 Å². The van der Waals surface area contributed by atoms with E-state index in [1.54, 1.807) is 0 Å². The van der Waals surface area contributed by atoms with Crippen molar-refractivity contribution in [1.82, 2.24) is 0 Å². The molecule has 1 nitrogen and oxygen atoms in total. The molecule has 0 aromatic rings. The normalized spacial score (nSPS) is 20.4. The number of aliphatic imine (C=N–C) groups is 1. The molecule has 0 radical (unpaired) electrons. The van der Waals surface area contributed by atoms with Crippen molar-refractivity contribution in [2.45, 2.75) is 64.0 Å². The van der Waals surface area contributed by atoms with Crippen LogP contribution in [0.25, 0.3) is 0 Å². The summed E-state index contributed by atoms with van der Waals surface area (Å²) in [7, 11) is 0. The van der Waals surface area contributed by atoms with Crippen LogP contribution in [0.4, 0.5) is 0 Å². The number of unbranched alkanes of at least 4 members (excludes halogenated alkanes) is 5. The molecular formula is C13H23NS. The first kappa shape index (κ1) is 12.8. The standard InChI is InChI=1S/C13H23NS/c1-3-4-5-6-7-8-9-13-12(2)14-10-11-15-13/h10-11,13H,3-9H2,1-2H3. The molecule has 1 aliphatic rings. The summed E-state index contributed by atoms with van der Waals surface area (Å²) in [6.45, 7) is 4.42. The molecular weight excluding hydrogens is 202 g/mol. The van der Waals surface area contributed by atoms with E-state index in [0.29, 0.717) is 5.25 Å². The molecule has 1 heterocycles. The van der Waals surface area contributed by atoms with Gasteiger partial charge in [-0.1, -0.05) is 45.4 Å². The SMILES string of the molecule is CCCCCCCCC1SC=CN=C1C. The van der Waals surface area contributed by atoms with Gasteiger partial charge in [0.1, 0.15) is 0 Å². The van der Waals surface area contributed by atoms with Gasteiger partial charge in [0, 0.05) is 17.2 Å². The summed E-state index contributed by atoms with van der Waals surface area (Å²) >= 11 is 1.93. The Bertz CT molecular complexity index is 221. The van der Waals surface area contributed by atoms with Gasteiger partial charge in [0.2, 0.25) is 0 Å². The zero-order valence-electron chi connectivity index (χ0n) is 10.0. The first-order valence-electron chi connectivity index (χ1n) is 6.19. The third-order valence-corrected chi connectivity index (χ3v) is 4.05. The lowest BCUT2D eigenvalue weighted by Crippen LogP contribution is -2.14. The highest BCUT2D eigenvalue weighted by atomic mass is 32.2. The fraction of sp³-hybridized carbons (Fsp3) is 0.769. The van der Waals surface area contributed by atoms with Crippen LogP contribution in [0.5, 0.6) is 0 Å². The van der Waals surface area contributed by atoms with Crippen molar-refractivity contribution in [3.63, 3.8) is 0 Å². The maximum atomic E-state index is 4.35. The molecule has 86 valence electrons. The lowest BCUT2D eigenvalue weighted by Gasteiger charge is -2.16. The van der Waals surface area contributed by atoms with E-state index in [9.17, 15) is 0 Å². The minimum atomic E-state index is 0.654. The van der Waals surface area contributed by atoms with Crippen LogP contribution >= 0.6 is 11.8 Å². The van der Waals surface area contributed by atoms with Crippen molar-refractivity contribution in [2.24, 2.45) is 4.99 Å². The van der Waals surface area contributed by atoms with Gasteiger partial charge in [-0.3, -0.25) is 4.99 Å². The Hall–Kier alpha value is -0.240. The van der Waals surface area contributed by atoms with Gasteiger partial charge in [0.25, 0.3) is 0 Å². The average molecular weight is 225 g/mol. The fourth-order valence-electron chi connectivity index (χ4n) is 1.85. The topological polar surface area (TPSA) is 12.4 Å². The van der Waals surface area contributed by atoms with Gasteiger partial charge < -0.3 is 0 Å². The van der Waals surface area contributed by atoms with Crippen LogP contribution in [0, 0.1) is 0 Å². The molecule has 0 bridgehead atoms. The van der Waals surface area contributed by atoms with E-state index in [1.807, 2.05) is 18.0 Å². The van der Waals surface area contributed by atoms with Crippen LogP contribution in [-0.2, 0) is 0 Å². The Morgan fingerprint density at radius 1 is 1.20 bits per heavy atom. The second-order valence-corrected chi connectivity index (χ2v) is 5.35. The van der Waals surface area contributed by atoms with E-state index >= 15 is 0 Å². The van der Waals surface area contributed by atoms with Crippen LogP contribution in [0.15, 0.2) is 16.6 Å². The Morgan fingerprint density at radius 3 is 2.67 bits per heavy atom. The summed E-state index contributed by atoms with van der Waals surface area (Å²) < 4.78 is 0. The zero-order valence-corrected chi connectivity index (χ0v) is 10.9. The number of rotatable bonds is 7. The van der Waals surface area contributed by atoms with Crippen LogP contribution in [0.2, 0.25) is 0 Å². The van der Waals surface area contributed by atoms with Gasteiger partial charge in [-0.25, -0.2) is 0 Å². The van der Waals surface area contributed by atoms with Gasteiger partial charge in [-0.15, -0.1) is 11.8 Å². The van der Waals surface area contributed by atoms with Gasteiger partial charge in [-0.05, 0) is 18.8 Å². The van der Waals surface area contributed by atoms with E-state index < -0.39 is 0 Å². The van der Waals surface area contributed by atoms with Gasteiger partial charge in [0.15, 0.2) is 0 Å². The van der Waals surface area contributed by atoms with Crippen molar-refractivity contribution >= 4 is 17.5 Å². The second kappa shape index (κ2) is 7.98. The van der Waals surface area contributed by atoms with Crippen LogP contribution in [0.3, 0.4) is 0 Å². The molecule has 0 spiro atoms. The van der Waals surface area contributed by atoms with Gasteiger partial charge in [-0.2, -0.15) is 0 Å². The maximum Gasteiger partial charge on any atom is 0.0469 e. The first-order valence-corrected chi connectivity index (χ1v) is 7.13. The number of hydrogen-bond donors (Lipinski definition) is 0. The molecule has 15 heavy (non-hydrogen) atoms. The zero-order chi connectivity index (χ0) is 10.9. The quantitative estimate of drug-likeness (QED) is 0.568. The molecule has 0 aromatic heterocycles. The minimum absolute atomic E-state index is 0.654. The summed E-state index contributed by atoms with van der Waals surface area (Å²) in [6.07, 6.45) is 11.6. The number of hydrogen-bond acceptors (Lipinski definition) is 2. The third-order valence-electron chi connectivity index (χ3n) is 2.87. The molecule has 0 amide bonds. The van der Waals surface area contributed by atoms with Gasteiger partial charge in [0.05, 0.1) is 0 Å². The summed E-state index contributed by atoms with van der Waals surface area (Å²) in [5.74, 6) is 0. The molecule has 1 unspecified atom stereocenters. The molecule has 0 saturated heterocycles. The molecule has 0 aliphatic carbocycles. The lowest BCUT2D eigenvalue weighted by atomic mass is 10.1. The average Bonchev–Trinajstić information content (AvgIpc) is 2.25. The monoisotopic (exact) mass is 225 g/mol. The highest BCUT2D eigenvalue weighted by Gasteiger charge is 2.12. The second-order valence-electron chi connectivity index (χ2n) is 4.24. The molecule has 0 fully saturated rings. The summed E-state index contributed by atoms with van der Waals surface area (Å²) in [5, 5.41) is 2.77. The summed E-state index contributed by atoms with van der Waals surface area (Å²) in [4.78, 5) is 4.35. The largest absolute Gasteiger partial charge is 0.264 e. The fourth-order valence-corrected chi connectivity index (χ4v) is 2.73. The van der Waals surface area contributed by atoms with E-state index in [0.717, 1.165) is 0 Å². The van der Waals surface area contributed by atoms with Crippen molar-refractivity contribution in [1.29, 1.82) is 0 Å². The van der Waals surface area contributed by atoms with E-state index in [4.69, 9.17) is 0 Å². The predicted octanol–water partition coefficient (Wildman–Crippen LogP) is 4.78. The summed E-state index contributed by atoms with van der Waals surface area (Å²) in [6, 6.07) is 0. The van der Waals surface area contributed by atoms with Crippen LogP contribution < -0.4 is 0 Å².